The van der Waals surface area contributed by atoms with E-state index in [9.17, 15) is 0 Å². The van der Waals surface area contributed by atoms with Gasteiger partial charge in [0.25, 0.3) is 0 Å². The Balaban J connectivity index is 1.35. The maximum Gasteiger partial charge on any atom is 0.159 e. The Bertz CT molecular complexity index is 1000. The molecule has 1 atom stereocenters. The van der Waals surface area contributed by atoms with Gasteiger partial charge in [0.15, 0.2) is 5.82 Å². The summed E-state index contributed by atoms with van der Waals surface area (Å²) in [5.41, 5.74) is 7.74. The summed E-state index contributed by atoms with van der Waals surface area (Å²) in [5.74, 6) is 1.69. The SMILES string of the molecule is CCCCCCCc1ccc(-c2ccc(-c3ncc4c(n3)CCC(CCCCC)C4)cc2)cc1. The van der Waals surface area contributed by atoms with Crippen LogP contribution >= 0.6 is 0 Å². The summed E-state index contributed by atoms with van der Waals surface area (Å²) in [6.45, 7) is 4.56. The summed E-state index contributed by atoms with van der Waals surface area (Å²) in [7, 11) is 0. The fourth-order valence-electron chi connectivity index (χ4n) is 5.26. The number of unbranched alkanes of at least 4 members (excludes halogenated alkanes) is 6. The summed E-state index contributed by atoms with van der Waals surface area (Å²) in [6.07, 6.45) is 18.9. The van der Waals surface area contributed by atoms with E-state index in [-0.39, 0.29) is 0 Å². The molecule has 1 aromatic heterocycles. The van der Waals surface area contributed by atoms with E-state index in [1.165, 1.54) is 98.6 Å². The monoisotopic (exact) mass is 454 g/mol. The molecule has 180 valence electrons. The molecule has 0 saturated heterocycles. The van der Waals surface area contributed by atoms with Gasteiger partial charge in [-0.25, -0.2) is 9.97 Å². The molecule has 0 spiro atoms. The Labute approximate surface area is 207 Å². The molecule has 1 aliphatic carbocycles. The summed E-state index contributed by atoms with van der Waals surface area (Å²) >= 11 is 0. The average molecular weight is 455 g/mol. The molecule has 0 saturated carbocycles. The van der Waals surface area contributed by atoms with Crippen molar-refractivity contribution in [1.29, 1.82) is 0 Å². The van der Waals surface area contributed by atoms with Crippen molar-refractivity contribution < 1.29 is 0 Å². The van der Waals surface area contributed by atoms with Gasteiger partial charge in [-0.1, -0.05) is 114 Å². The second-order valence-corrected chi connectivity index (χ2v) is 10.2. The van der Waals surface area contributed by atoms with Crippen LogP contribution in [0.15, 0.2) is 54.7 Å². The molecule has 34 heavy (non-hydrogen) atoms. The maximum atomic E-state index is 4.96. The van der Waals surface area contributed by atoms with Crippen molar-refractivity contribution in [3.63, 3.8) is 0 Å². The molecule has 0 fully saturated rings. The quantitative estimate of drug-likeness (QED) is 0.255. The molecule has 0 bridgehead atoms. The van der Waals surface area contributed by atoms with Gasteiger partial charge >= 0.3 is 0 Å². The molecule has 3 aromatic rings. The Hall–Kier alpha value is -2.48. The van der Waals surface area contributed by atoms with E-state index < -0.39 is 0 Å². The number of aromatic nitrogens is 2. The minimum atomic E-state index is 0.820. The zero-order valence-electron chi connectivity index (χ0n) is 21.4. The van der Waals surface area contributed by atoms with E-state index in [0.717, 1.165) is 30.1 Å². The Morgan fingerprint density at radius 1 is 0.735 bits per heavy atom. The Kier molecular flexibility index (Phi) is 9.30. The third-order valence-electron chi connectivity index (χ3n) is 7.47. The second-order valence-electron chi connectivity index (χ2n) is 10.2. The van der Waals surface area contributed by atoms with Gasteiger partial charge in [-0.15, -0.1) is 0 Å². The highest BCUT2D eigenvalue weighted by atomic mass is 14.9. The lowest BCUT2D eigenvalue weighted by Gasteiger charge is -2.23. The average Bonchev–Trinajstić information content (AvgIpc) is 2.89. The van der Waals surface area contributed by atoms with Gasteiger partial charge in [-0.05, 0) is 60.3 Å². The van der Waals surface area contributed by atoms with Crippen LogP contribution in [0.5, 0.6) is 0 Å². The molecule has 2 nitrogen and oxygen atoms in total. The lowest BCUT2D eigenvalue weighted by molar-refractivity contribution is 0.404. The van der Waals surface area contributed by atoms with Crippen LogP contribution in [0.4, 0.5) is 0 Å². The molecule has 0 amide bonds. The van der Waals surface area contributed by atoms with Crippen LogP contribution in [0.1, 0.15) is 94.9 Å². The molecule has 1 unspecified atom stereocenters. The first-order valence-electron chi connectivity index (χ1n) is 13.8. The summed E-state index contributed by atoms with van der Waals surface area (Å²) < 4.78 is 0. The number of hydrogen-bond acceptors (Lipinski definition) is 2. The smallest absolute Gasteiger partial charge is 0.159 e. The van der Waals surface area contributed by atoms with E-state index in [2.05, 4.69) is 68.6 Å². The van der Waals surface area contributed by atoms with Crippen LogP contribution in [-0.2, 0) is 19.3 Å². The number of benzene rings is 2. The molecule has 2 aromatic carbocycles. The number of rotatable bonds is 12. The molecular formula is C32H42N2. The van der Waals surface area contributed by atoms with Crippen molar-refractivity contribution in [1.82, 2.24) is 9.97 Å². The normalized spacial score (nSPS) is 15.3. The van der Waals surface area contributed by atoms with Gasteiger partial charge in [0.1, 0.15) is 0 Å². The minimum Gasteiger partial charge on any atom is -0.236 e. The molecule has 1 aliphatic rings. The predicted molar refractivity (Wildman–Crippen MR) is 145 cm³/mol. The summed E-state index contributed by atoms with van der Waals surface area (Å²) in [4.78, 5) is 9.71. The molecule has 0 radical (unpaired) electrons. The minimum absolute atomic E-state index is 0.820. The van der Waals surface area contributed by atoms with E-state index in [4.69, 9.17) is 9.97 Å². The van der Waals surface area contributed by atoms with Crippen LogP contribution in [0.3, 0.4) is 0 Å². The molecule has 4 rings (SSSR count). The Morgan fingerprint density at radius 3 is 2.12 bits per heavy atom. The lowest BCUT2D eigenvalue weighted by atomic mass is 9.84. The molecule has 2 heteroatoms. The molecule has 1 heterocycles. The van der Waals surface area contributed by atoms with Gasteiger partial charge in [-0.2, -0.15) is 0 Å². The third kappa shape index (κ3) is 6.78. The molecule has 0 aliphatic heterocycles. The van der Waals surface area contributed by atoms with Crippen LogP contribution in [0.25, 0.3) is 22.5 Å². The standard InChI is InChI=1S/C32H42N2/c1-3-5-7-8-10-11-25-13-16-27(17-14-25)28-18-20-29(21-19-28)32-33-24-30-23-26(12-9-6-4-2)15-22-31(30)34-32/h13-14,16-21,24,26H,3-12,15,22-23H2,1-2H3. The van der Waals surface area contributed by atoms with Crippen molar-refractivity contribution in [2.24, 2.45) is 5.92 Å². The van der Waals surface area contributed by atoms with E-state index in [1.54, 1.807) is 0 Å². The number of aryl methyl sites for hydroxylation is 2. The van der Waals surface area contributed by atoms with E-state index in [1.807, 2.05) is 0 Å². The molecular weight excluding hydrogens is 412 g/mol. The zero-order chi connectivity index (χ0) is 23.6. The van der Waals surface area contributed by atoms with E-state index in [0.29, 0.717) is 0 Å². The highest BCUT2D eigenvalue weighted by Crippen LogP contribution is 2.30. The predicted octanol–water partition coefficient (Wildman–Crippen LogP) is 9.01. The van der Waals surface area contributed by atoms with Crippen molar-refractivity contribution in [3.05, 3.63) is 71.5 Å². The first kappa shape index (κ1) is 24.6. The van der Waals surface area contributed by atoms with Gasteiger partial charge in [-0.3, -0.25) is 0 Å². The van der Waals surface area contributed by atoms with E-state index >= 15 is 0 Å². The fraction of sp³-hybridized carbons (Fsp3) is 0.500. The van der Waals surface area contributed by atoms with Crippen LogP contribution in [-0.4, -0.2) is 9.97 Å². The number of nitrogens with zero attached hydrogens (tertiary/aromatic N) is 2. The van der Waals surface area contributed by atoms with Crippen LogP contribution < -0.4 is 0 Å². The van der Waals surface area contributed by atoms with Gasteiger partial charge in [0.2, 0.25) is 0 Å². The summed E-state index contributed by atoms with van der Waals surface area (Å²) in [6, 6.07) is 17.9. The van der Waals surface area contributed by atoms with Crippen molar-refractivity contribution in [2.45, 2.75) is 97.3 Å². The van der Waals surface area contributed by atoms with Crippen molar-refractivity contribution >= 4 is 0 Å². The van der Waals surface area contributed by atoms with Gasteiger partial charge < -0.3 is 0 Å². The largest absolute Gasteiger partial charge is 0.236 e. The Morgan fingerprint density at radius 2 is 1.38 bits per heavy atom. The highest BCUT2D eigenvalue weighted by molar-refractivity contribution is 5.68. The zero-order valence-corrected chi connectivity index (χ0v) is 21.4. The van der Waals surface area contributed by atoms with Gasteiger partial charge in [0, 0.05) is 17.5 Å². The van der Waals surface area contributed by atoms with Crippen molar-refractivity contribution in [2.75, 3.05) is 0 Å². The highest BCUT2D eigenvalue weighted by Gasteiger charge is 2.20. The topological polar surface area (TPSA) is 25.8 Å². The number of fused-ring (bicyclic) bond motifs is 1. The summed E-state index contributed by atoms with van der Waals surface area (Å²) in [5, 5.41) is 0. The number of hydrogen-bond donors (Lipinski definition) is 0. The van der Waals surface area contributed by atoms with Crippen LogP contribution in [0.2, 0.25) is 0 Å². The van der Waals surface area contributed by atoms with Gasteiger partial charge in [0.05, 0.1) is 0 Å². The third-order valence-corrected chi connectivity index (χ3v) is 7.47. The first-order chi connectivity index (χ1) is 16.8. The second kappa shape index (κ2) is 12.8. The first-order valence-corrected chi connectivity index (χ1v) is 13.8. The van der Waals surface area contributed by atoms with Crippen molar-refractivity contribution in [3.8, 4) is 22.5 Å². The fourth-order valence-corrected chi connectivity index (χ4v) is 5.26. The maximum absolute atomic E-state index is 4.96. The molecule has 0 N–H and O–H groups in total. The van der Waals surface area contributed by atoms with Crippen LogP contribution in [0, 0.1) is 5.92 Å². The lowest BCUT2D eigenvalue weighted by Crippen LogP contribution is -2.16.